The van der Waals surface area contributed by atoms with E-state index in [9.17, 15) is 14.0 Å². The van der Waals surface area contributed by atoms with Gasteiger partial charge in [-0.25, -0.2) is 4.39 Å². The molecular weight excluding hydrogens is 335 g/mol. The number of Topliss-reactive ketones (excluding diaryl/α,β-unsaturated/α-hetero) is 2. The Morgan fingerprint density at radius 3 is 2.64 bits per heavy atom. The molecule has 0 heterocycles. The van der Waals surface area contributed by atoms with Gasteiger partial charge in [-0.05, 0) is 61.2 Å². The predicted octanol–water partition coefficient (Wildman–Crippen LogP) is 4.36. The second kappa shape index (κ2) is 4.88. The summed E-state index contributed by atoms with van der Waals surface area (Å²) in [6.07, 6.45) is 8.28. The Kier molecular flexibility index (Phi) is 3.18. The van der Waals surface area contributed by atoms with Crippen molar-refractivity contribution < 1.29 is 14.0 Å². The van der Waals surface area contributed by atoms with Crippen LogP contribution < -0.4 is 0 Å². The van der Waals surface area contributed by atoms with Gasteiger partial charge in [0.1, 0.15) is 0 Å². The van der Waals surface area contributed by atoms with Crippen LogP contribution in [0.2, 0.25) is 0 Å². The van der Waals surface area contributed by atoms with E-state index in [1.165, 1.54) is 5.57 Å². The average Bonchev–Trinajstić information content (AvgIpc) is 3.36. The summed E-state index contributed by atoms with van der Waals surface area (Å²) in [5, 5.41) is 0. The van der Waals surface area contributed by atoms with Crippen molar-refractivity contribution in [2.75, 3.05) is 6.26 Å². The van der Waals surface area contributed by atoms with Crippen molar-refractivity contribution in [2.45, 2.75) is 45.7 Å². The highest BCUT2D eigenvalue weighted by atomic mass is 32.2. The zero-order valence-corrected chi connectivity index (χ0v) is 15.9. The maximum atomic E-state index is 14.3. The summed E-state index contributed by atoms with van der Waals surface area (Å²) in [4.78, 5) is 26.1. The van der Waals surface area contributed by atoms with Crippen molar-refractivity contribution in [1.29, 1.82) is 0 Å². The predicted molar refractivity (Wildman–Crippen MR) is 96.7 cm³/mol. The van der Waals surface area contributed by atoms with Gasteiger partial charge in [0.2, 0.25) is 0 Å². The topological polar surface area (TPSA) is 34.1 Å². The fourth-order valence-electron chi connectivity index (χ4n) is 6.96. The van der Waals surface area contributed by atoms with Gasteiger partial charge >= 0.3 is 0 Å². The molecule has 134 valence electrons. The van der Waals surface area contributed by atoms with E-state index < -0.39 is 11.6 Å². The fraction of sp³-hybridized carbons (Fsp3) is 0.714. The summed E-state index contributed by atoms with van der Waals surface area (Å²) in [5.41, 5.74) is 0.766. The number of allylic oxidation sites excluding steroid dienone is 4. The third kappa shape index (κ3) is 1.78. The lowest BCUT2D eigenvalue weighted by Crippen LogP contribution is -2.50. The summed E-state index contributed by atoms with van der Waals surface area (Å²) in [6.45, 7) is 4.35. The first-order valence-corrected chi connectivity index (χ1v) is 10.8. The highest BCUT2D eigenvalue weighted by molar-refractivity contribution is 8.03. The molecule has 2 nitrogen and oxygen atoms in total. The first-order valence-electron chi connectivity index (χ1n) is 9.53. The molecule has 8 atom stereocenters. The molecule has 5 aliphatic rings. The van der Waals surface area contributed by atoms with Crippen LogP contribution in [0.1, 0.15) is 39.5 Å². The van der Waals surface area contributed by atoms with E-state index in [1.807, 2.05) is 13.2 Å². The van der Waals surface area contributed by atoms with Gasteiger partial charge in [0.05, 0.1) is 4.91 Å². The van der Waals surface area contributed by atoms with Crippen LogP contribution in [0.4, 0.5) is 4.39 Å². The van der Waals surface area contributed by atoms with E-state index in [-0.39, 0.29) is 29.0 Å². The Hall–Kier alpha value is -0.900. The van der Waals surface area contributed by atoms with Crippen LogP contribution in [-0.4, -0.2) is 24.0 Å². The smallest absolute Gasteiger partial charge is 0.173 e. The monoisotopic (exact) mass is 360 g/mol. The number of alkyl halides is 1. The van der Waals surface area contributed by atoms with Crippen molar-refractivity contribution in [3.63, 3.8) is 0 Å². The van der Waals surface area contributed by atoms with Crippen LogP contribution in [0.5, 0.6) is 0 Å². The molecule has 0 saturated heterocycles. The normalized spacial score (nSPS) is 53.3. The minimum atomic E-state index is -1.28. The summed E-state index contributed by atoms with van der Waals surface area (Å²) in [5.74, 6) is 1.67. The van der Waals surface area contributed by atoms with E-state index >= 15 is 0 Å². The Bertz CT molecular complexity index is 755. The van der Waals surface area contributed by atoms with Crippen LogP contribution in [-0.2, 0) is 9.59 Å². The van der Waals surface area contributed by atoms with Crippen molar-refractivity contribution in [3.8, 4) is 0 Å². The molecule has 4 heteroatoms. The molecule has 0 aromatic rings. The molecule has 3 saturated carbocycles. The highest BCUT2D eigenvalue weighted by Gasteiger charge is 2.67. The van der Waals surface area contributed by atoms with E-state index in [0.717, 1.165) is 24.2 Å². The lowest BCUT2D eigenvalue weighted by Gasteiger charge is -2.55. The molecule has 0 N–H and O–H groups in total. The Morgan fingerprint density at radius 1 is 1.16 bits per heavy atom. The molecule has 0 bridgehead atoms. The molecule has 0 amide bonds. The largest absolute Gasteiger partial charge is 0.296 e. The molecule has 0 radical (unpaired) electrons. The zero-order valence-electron chi connectivity index (χ0n) is 15.0. The lowest BCUT2D eigenvalue weighted by atomic mass is 9.49. The zero-order chi connectivity index (χ0) is 17.7. The highest BCUT2D eigenvalue weighted by Crippen LogP contribution is 2.70. The molecule has 0 spiro atoms. The van der Waals surface area contributed by atoms with E-state index in [4.69, 9.17) is 0 Å². The molecule has 25 heavy (non-hydrogen) atoms. The lowest BCUT2D eigenvalue weighted by molar-refractivity contribution is -0.133. The number of hydrogen-bond donors (Lipinski definition) is 0. The number of carbonyl (C=O) groups is 2. The van der Waals surface area contributed by atoms with Crippen molar-refractivity contribution >= 4 is 23.3 Å². The third-order valence-electron chi connectivity index (χ3n) is 8.44. The second-order valence-corrected chi connectivity index (χ2v) is 10.0. The van der Waals surface area contributed by atoms with Crippen LogP contribution >= 0.6 is 11.8 Å². The van der Waals surface area contributed by atoms with Gasteiger partial charge < -0.3 is 0 Å². The summed E-state index contributed by atoms with van der Waals surface area (Å²) < 4.78 is 14.3. The van der Waals surface area contributed by atoms with Crippen molar-refractivity contribution in [2.24, 2.45) is 40.4 Å². The SMILES string of the molecule is CSC1=C2C=C[C@H]3[C@@H]4C[C@H](F)C(=O)[C@@]4(C)CC[C@@H]3[C@@]2(C)C2C[C@@H]2C1=O. The summed E-state index contributed by atoms with van der Waals surface area (Å²) >= 11 is 1.59. The molecular formula is C21H25FO2S. The molecule has 5 rings (SSSR count). The number of rotatable bonds is 1. The Labute approximate surface area is 152 Å². The van der Waals surface area contributed by atoms with Gasteiger partial charge in [-0.3, -0.25) is 9.59 Å². The maximum absolute atomic E-state index is 14.3. The van der Waals surface area contributed by atoms with Gasteiger partial charge in [-0.1, -0.05) is 26.0 Å². The van der Waals surface area contributed by atoms with Gasteiger partial charge in [-0.2, -0.15) is 0 Å². The van der Waals surface area contributed by atoms with Crippen molar-refractivity contribution in [1.82, 2.24) is 0 Å². The van der Waals surface area contributed by atoms with Crippen LogP contribution in [0.3, 0.4) is 0 Å². The Balaban J connectivity index is 1.63. The third-order valence-corrected chi connectivity index (χ3v) is 9.27. The van der Waals surface area contributed by atoms with Crippen LogP contribution in [0.15, 0.2) is 22.6 Å². The number of fused-ring (bicyclic) bond motifs is 7. The Morgan fingerprint density at radius 2 is 1.92 bits per heavy atom. The van der Waals surface area contributed by atoms with Gasteiger partial charge in [0.15, 0.2) is 17.7 Å². The molecule has 0 aliphatic heterocycles. The standard InChI is InChI=1S/C21H25FO2S/c1-20-7-6-12-10(14(20)9-16(22)19(20)24)4-5-13-18(25-3)17(23)11-8-15(11)21(12,13)2/h4-5,10-12,14-16H,6-9H2,1-3H3/t10-,11+,12+,14+,15?,16+,20+,21-/m1/s1. The van der Waals surface area contributed by atoms with E-state index in [1.54, 1.807) is 11.8 Å². The molecule has 1 unspecified atom stereocenters. The van der Waals surface area contributed by atoms with E-state index in [2.05, 4.69) is 19.1 Å². The van der Waals surface area contributed by atoms with Crippen LogP contribution in [0, 0.1) is 40.4 Å². The molecule has 0 aromatic heterocycles. The number of thioether (sulfide) groups is 1. The summed E-state index contributed by atoms with van der Waals surface area (Å²) in [7, 11) is 0. The van der Waals surface area contributed by atoms with E-state index in [0.29, 0.717) is 24.0 Å². The molecule has 5 aliphatic carbocycles. The fourth-order valence-corrected chi connectivity index (χ4v) is 7.82. The summed E-state index contributed by atoms with van der Waals surface area (Å²) in [6, 6.07) is 0. The second-order valence-electron chi connectivity index (χ2n) is 9.22. The van der Waals surface area contributed by atoms with Gasteiger partial charge in [0, 0.05) is 16.7 Å². The first-order chi connectivity index (χ1) is 11.8. The first kappa shape index (κ1) is 16.3. The molecule has 3 fully saturated rings. The average molecular weight is 360 g/mol. The van der Waals surface area contributed by atoms with Gasteiger partial charge in [0.25, 0.3) is 0 Å². The number of hydrogen-bond acceptors (Lipinski definition) is 3. The minimum absolute atomic E-state index is 0.0229. The number of ketones is 2. The number of halogens is 1. The maximum Gasteiger partial charge on any atom is 0.173 e. The quantitative estimate of drug-likeness (QED) is 0.697. The minimum Gasteiger partial charge on any atom is -0.296 e. The molecule has 0 aromatic carbocycles. The van der Waals surface area contributed by atoms with Crippen LogP contribution in [0.25, 0.3) is 0 Å². The van der Waals surface area contributed by atoms with Gasteiger partial charge in [-0.15, -0.1) is 11.8 Å². The van der Waals surface area contributed by atoms with Crippen molar-refractivity contribution in [3.05, 3.63) is 22.6 Å². The number of carbonyl (C=O) groups excluding carboxylic acids is 2.